The SMILES string of the molecule is C[B]C(CC)CCC(C)CC. The fraction of sp³-hybridized carbons (Fsp3) is 1.00. The Kier molecular flexibility index (Phi) is 6.80. The smallest absolute Gasteiger partial charge is 0.0917 e. The van der Waals surface area contributed by atoms with Gasteiger partial charge in [-0.1, -0.05) is 59.1 Å². The first-order valence-corrected chi connectivity index (χ1v) is 5.04. The lowest BCUT2D eigenvalue weighted by molar-refractivity contribution is 0.481. The van der Waals surface area contributed by atoms with E-state index in [1.165, 1.54) is 25.7 Å². The van der Waals surface area contributed by atoms with Gasteiger partial charge in [0.15, 0.2) is 0 Å². The first-order chi connectivity index (χ1) is 5.24. The van der Waals surface area contributed by atoms with E-state index in [2.05, 4.69) is 34.9 Å². The molecule has 0 fully saturated rings. The molecule has 0 heterocycles. The normalized spacial score (nSPS) is 16.0. The van der Waals surface area contributed by atoms with Crippen LogP contribution >= 0.6 is 0 Å². The van der Waals surface area contributed by atoms with Crippen LogP contribution in [-0.4, -0.2) is 7.28 Å². The van der Waals surface area contributed by atoms with Crippen LogP contribution in [0.1, 0.15) is 46.5 Å². The van der Waals surface area contributed by atoms with Crippen LogP contribution in [0.25, 0.3) is 0 Å². The highest BCUT2D eigenvalue weighted by Gasteiger charge is 2.06. The summed E-state index contributed by atoms with van der Waals surface area (Å²) in [6, 6.07) is 0. The van der Waals surface area contributed by atoms with E-state index in [0.29, 0.717) is 0 Å². The van der Waals surface area contributed by atoms with Crippen molar-refractivity contribution in [3.8, 4) is 0 Å². The molecule has 0 saturated carbocycles. The van der Waals surface area contributed by atoms with Crippen LogP contribution in [0, 0.1) is 5.92 Å². The number of hydrogen-bond acceptors (Lipinski definition) is 0. The molecule has 2 unspecified atom stereocenters. The van der Waals surface area contributed by atoms with Crippen molar-refractivity contribution in [2.24, 2.45) is 5.92 Å². The Hall–Kier alpha value is 0.0649. The largest absolute Gasteiger partial charge is 0.110 e. The van der Waals surface area contributed by atoms with Crippen molar-refractivity contribution in [2.45, 2.75) is 59.1 Å². The fourth-order valence-corrected chi connectivity index (χ4v) is 1.31. The van der Waals surface area contributed by atoms with Gasteiger partial charge in [0, 0.05) is 0 Å². The molecule has 65 valence electrons. The van der Waals surface area contributed by atoms with E-state index in [9.17, 15) is 0 Å². The Morgan fingerprint density at radius 3 is 2.09 bits per heavy atom. The van der Waals surface area contributed by atoms with Gasteiger partial charge < -0.3 is 0 Å². The van der Waals surface area contributed by atoms with Gasteiger partial charge in [-0.05, 0) is 5.92 Å². The molecule has 0 spiro atoms. The number of rotatable bonds is 6. The molecule has 0 bridgehead atoms. The van der Waals surface area contributed by atoms with E-state index in [1.54, 1.807) is 0 Å². The van der Waals surface area contributed by atoms with Gasteiger partial charge in [0.2, 0.25) is 0 Å². The summed E-state index contributed by atoms with van der Waals surface area (Å²) in [7, 11) is 2.35. The average molecular weight is 153 g/mol. The maximum absolute atomic E-state index is 2.35. The molecule has 1 heteroatoms. The Bertz CT molecular complexity index is 76.9. The Morgan fingerprint density at radius 1 is 1.09 bits per heavy atom. The molecule has 11 heavy (non-hydrogen) atoms. The van der Waals surface area contributed by atoms with Crippen molar-refractivity contribution in [3.63, 3.8) is 0 Å². The molecule has 0 aliphatic rings. The van der Waals surface area contributed by atoms with Gasteiger partial charge in [0.05, 0.1) is 0 Å². The topological polar surface area (TPSA) is 0 Å². The second kappa shape index (κ2) is 6.76. The van der Waals surface area contributed by atoms with Crippen LogP contribution in [0.3, 0.4) is 0 Å². The molecule has 2 atom stereocenters. The Balaban J connectivity index is 3.34. The molecule has 0 rings (SSSR count). The predicted molar refractivity (Wildman–Crippen MR) is 54.3 cm³/mol. The third kappa shape index (κ3) is 5.35. The van der Waals surface area contributed by atoms with Gasteiger partial charge >= 0.3 is 0 Å². The number of hydrogen-bond donors (Lipinski definition) is 0. The van der Waals surface area contributed by atoms with Gasteiger partial charge in [-0.2, -0.15) is 0 Å². The van der Waals surface area contributed by atoms with E-state index in [0.717, 1.165) is 11.7 Å². The zero-order chi connectivity index (χ0) is 8.69. The molecule has 0 aromatic rings. The van der Waals surface area contributed by atoms with Gasteiger partial charge in [0.25, 0.3) is 0 Å². The summed E-state index contributed by atoms with van der Waals surface area (Å²) in [4.78, 5) is 0. The van der Waals surface area contributed by atoms with Crippen molar-refractivity contribution >= 4 is 7.28 Å². The van der Waals surface area contributed by atoms with E-state index in [-0.39, 0.29) is 0 Å². The molecule has 0 aliphatic heterocycles. The zero-order valence-electron chi connectivity index (χ0n) is 8.56. The van der Waals surface area contributed by atoms with Gasteiger partial charge in [-0.15, -0.1) is 0 Å². The van der Waals surface area contributed by atoms with Crippen LogP contribution in [0.4, 0.5) is 0 Å². The second-order valence-electron chi connectivity index (χ2n) is 3.59. The third-order valence-electron chi connectivity index (χ3n) is 2.72. The zero-order valence-corrected chi connectivity index (χ0v) is 8.56. The highest BCUT2D eigenvalue weighted by atomic mass is 14.1. The highest BCUT2D eigenvalue weighted by molar-refractivity contribution is 6.35. The lowest BCUT2D eigenvalue weighted by Crippen LogP contribution is -2.01. The Labute approximate surface area is 73.0 Å². The second-order valence-corrected chi connectivity index (χ2v) is 3.59. The molecule has 1 radical (unpaired) electrons. The van der Waals surface area contributed by atoms with E-state index >= 15 is 0 Å². The quantitative estimate of drug-likeness (QED) is 0.509. The molecule has 0 nitrogen and oxygen atoms in total. The summed E-state index contributed by atoms with van der Waals surface area (Å²) in [5.41, 5.74) is 0. The average Bonchev–Trinajstić information content (AvgIpc) is 2.06. The molecule has 0 aliphatic carbocycles. The minimum Gasteiger partial charge on any atom is -0.0917 e. The first kappa shape index (κ1) is 11.1. The van der Waals surface area contributed by atoms with E-state index in [4.69, 9.17) is 0 Å². The van der Waals surface area contributed by atoms with Gasteiger partial charge in [-0.25, -0.2) is 0 Å². The summed E-state index contributed by atoms with van der Waals surface area (Å²) < 4.78 is 0. The summed E-state index contributed by atoms with van der Waals surface area (Å²) in [5.74, 6) is 1.79. The lowest BCUT2D eigenvalue weighted by atomic mass is 9.63. The van der Waals surface area contributed by atoms with Crippen molar-refractivity contribution < 1.29 is 0 Å². The molecule has 0 aromatic carbocycles. The van der Waals surface area contributed by atoms with E-state index in [1.807, 2.05) is 0 Å². The summed E-state index contributed by atoms with van der Waals surface area (Å²) in [6.45, 7) is 9.09. The first-order valence-electron chi connectivity index (χ1n) is 5.04. The van der Waals surface area contributed by atoms with Gasteiger partial charge in [-0.3, -0.25) is 0 Å². The minimum atomic E-state index is 0.865. The lowest BCUT2D eigenvalue weighted by Gasteiger charge is -2.14. The minimum absolute atomic E-state index is 0.865. The van der Waals surface area contributed by atoms with Crippen molar-refractivity contribution in [1.29, 1.82) is 0 Å². The predicted octanol–water partition coefficient (Wildman–Crippen LogP) is 3.76. The molecular formula is C10H22B. The maximum Gasteiger partial charge on any atom is 0.110 e. The molecule has 0 aromatic heterocycles. The van der Waals surface area contributed by atoms with Crippen LogP contribution in [0.5, 0.6) is 0 Å². The fourth-order valence-electron chi connectivity index (χ4n) is 1.31. The molecule has 0 N–H and O–H groups in total. The van der Waals surface area contributed by atoms with Crippen LogP contribution in [-0.2, 0) is 0 Å². The van der Waals surface area contributed by atoms with Gasteiger partial charge in [0.1, 0.15) is 7.28 Å². The van der Waals surface area contributed by atoms with E-state index < -0.39 is 0 Å². The monoisotopic (exact) mass is 153 g/mol. The van der Waals surface area contributed by atoms with Crippen LogP contribution in [0.2, 0.25) is 12.6 Å². The Morgan fingerprint density at radius 2 is 1.73 bits per heavy atom. The summed E-state index contributed by atoms with van der Waals surface area (Å²) >= 11 is 0. The molecule has 0 amide bonds. The van der Waals surface area contributed by atoms with Crippen LogP contribution < -0.4 is 0 Å². The van der Waals surface area contributed by atoms with Crippen molar-refractivity contribution in [3.05, 3.63) is 0 Å². The highest BCUT2D eigenvalue weighted by Crippen LogP contribution is 2.20. The molecule has 0 saturated heterocycles. The van der Waals surface area contributed by atoms with Crippen molar-refractivity contribution in [1.82, 2.24) is 0 Å². The maximum atomic E-state index is 2.35. The summed E-state index contributed by atoms with van der Waals surface area (Å²) in [5, 5.41) is 0. The molecular weight excluding hydrogens is 131 g/mol. The standard InChI is InChI=1S/C10H22B/c1-5-9(3)7-8-10(6-2)11-4/h9-10H,5-8H2,1-4H3. The summed E-state index contributed by atoms with van der Waals surface area (Å²) in [6.07, 6.45) is 5.44. The van der Waals surface area contributed by atoms with Crippen molar-refractivity contribution in [2.75, 3.05) is 0 Å². The van der Waals surface area contributed by atoms with Crippen LogP contribution in [0.15, 0.2) is 0 Å². The third-order valence-corrected chi connectivity index (χ3v) is 2.72.